The van der Waals surface area contributed by atoms with Crippen LogP contribution in [-0.2, 0) is 9.53 Å². The van der Waals surface area contributed by atoms with Gasteiger partial charge in [0.15, 0.2) is 6.61 Å². The Morgan fingerprint density at radius 2 is 1.77 bits per heavy atom. The lowest BCUT2D eigenvalue weighted by Crippen LogP contribution is -2.21. The summed E-state index contributed by atoms with van der Waals surface area (Å²) in [6.07, 6.45) is 0. The molecule has 1 amide bonds. The van der Waals surface area contributed by atoms with E-state index >= 15 is 0 Å². The van der Waals surface area contributed by atoms with Gasteiger partial charge in [-0.05, 0) is 42.5 Å². The number of amides is 1. The Morgan fingerprint density at radius 1 is 1.09 bits per heavy atom. The molecule has 0 heterocycles. The largest absolute Gasteiger partial charge is 0.452 e. The highest BCUT2D eigenvalue weighted by Crippen LogP contribution is 2.19. The molecule has 114 valence electrons. The molecule has 22 heavy (non-hydrogen) atoms. The Bertz CT molecular complexity index is 704. The van der Waals surface area contributed by atoms with Gasteiger partial charge in [-0.25, -0.2) is 13.6 Å². The van der Waals surface area contributed by atoms with E-state index in [1.807, 2.05) is 0 Å². The molecule has 2 rings (SSSR count). The molecule has 4 nitrogen and oxygen atoms in total. The van der Waals surface area contributed by atoms with Crippen LogP contribution >= 0.6 is 11.6 Å². The maximum absolute atomic E-state index is 13.0. The molecule has 7 heteroatoms. The first-order chi connectivity index (χ1) is 10.5. The van der Waals surface area contributed by atoms with Crippen LogP contribution in [0.4, 0.5) is 14.5 Å². The minimum Gasteiger partial charge on any atom is -0.452 e. The first kappa shape index (κ1) is 15.9. The first-order valence-electron chi connectivity index (χ1n) is 6.13. The predicted molar refractivity (Wildman–Crippen MR) is 76.7 cm³/mol. The molecular weight excluding hydrogens is 316 g/mol. The summed E-state index contributed by atoms with van der Waals surface area (Å²) in [5.74, 6) is -2.46. The van der Waals surface area contributed by atoms with Crippen molar-refractivity contribution in [1.82, 2.24) is 0 Å². The summed E-state index contributed by atoms with van der Waals surface area (Å²) >= 11 is 5.58. The van der Waals surface area contributed by atoms with Crippen LogP contribution in [0.2, 0.25) is 5.02 Å². The topological polar surface area (TPSA) is 55.4 Å². The molecule has 0 fully saturated rings. The Morgan fingerprint density at radius 3 is 2.41 bits per heavy atom. The minimum absolute atomic E-state index is 0.124. The zero-order chi connectivity index (χ0) is 16.1. The van der Waals surface area contributed by atoms with Gasteiger partial charge in [-0.2, -0.15) is 0 Å². The summed E-state index contributed by atoms with van der Waals surface area (Å²) in [6, 6.07) is 8.36. The lowest BCUT2D eigenvalue weighted by atomic mass is 10.2. The van der Waals surface area contributed by atoms with Gasteiger partial charge in [-0.3, -0.25) is 4.79 Å². The van der Waals surface area contributed by atoms with Crippen molar-refractivity contribution in [2.45, 2.75) is 0 Å². The summed E-state index contributed by atoms with van der Waals surface area (Å²) in [6.45, 7) is -0.537. The third-order valence-corrected chi connectivity index (χ3v) is 2.91. The standard InChI is InChI=1S/C15H10ClF2NO3/c16-12-7-11(5-6-13(12)18)19-14(20)8-22-15(21)9-1-3-10(17)4-2-9/h1-7H,8H2,(H,19,20). The lowest BCUT2D eigenvalue weighted by Gasteiger charge is -2.07. The highest BCUT2D eigenvalue weighted by molar-refractivity contribution is 6.31. The quantitative estimate of drug-likeness (QED) is 0.876. The molecule has 0 spiro atoms. The van der Waals surface area contributed by atoms with E-state index in [9.17, 15) is 18.4 Å². The number of benzene rings is 2. The molecule has 0 radical (unpaired) electrons. The zero-order valence-electron chi connectivity index (χ0n) is 11.1. The van der Waals surface area contributed by atoms with E-state index in [2.05, 4.69) is 5.32 Å². The van der Waals surface area contributed by atoms with Crippen molar-refractivity contribution >= 4 is 29.2 Å². The molecule has 0 aliphatic carbocycles. The van der Waals surface area contributed by atoms with E-state index in [1.54, 1.807) is 0 Å². The van der Waals surface area contributed by atoms with Gasteiger partial charge in [0.05, 0.1) is 10.6 Å². The van der Waals surface area contributed by atoms with Crippen molar-refractivity contribution in [3.63, 3.8) is 0 Å². The number of hydrogen-bond donors (Lipinski definition) is 1. The van der Waals surface area contributed by atoms with Gasteiger partial charge in [-0.15, -0.1) is 0 Å². The van der Waals surface area contributed by atoms with Crippen molar-refractivity contribution in [2.24, 2.45) is 0 Å². The number of halogens is 3. The van der Waals surface area contributed by atoms with E-state index in [4.69, 9.17) is 16.3 Å². The number of nitrogens with one attached hydrogen (secondary N) is 1. The fourth-order valence-electron chi connectivity index (χ4n) is 1.57. The summed E-state index contributed by atoms with van der Waals surface area (Å²) < 4.78 is 30.5. The summed E-state index contributed by atoms with van der Waals surface area (Å²) in [5, 5.41) is 2.26. The minimum atomic E-state index is -0.757. The molecule has 0 atom stereocenters. The number of anilines is 1. The molecule has 1 N–H and O–H groups in total. The Hall–Kier alpha value is -2.47. The van der Waals surface area contributed by atoms with Crippen LogP contribution < -0.4 is 5.32 Å². The SMILES string of the molecule is O=C(COC(=O)c1ccc(F)cc1)Nc1ccc(F)c(Cl)c1. The molecule has 0 bridgehead atoms. The monoisotopic (exact) mass is 325 g/mol. The van der Waals surface area contributed by atoms with E-state index in [0.717, 1.165) is 18.2 Å². The van der Waals surface area contributed by atoms with Gasteiger partial charge in [-0.1, -0.05) is 11.6 Å². The van der Waals surface area contributed by atoms with Gasteiger partial charge in [0.25, 0.3) is 5.91 Å². The van der Waals surface area contributed by atoms with Crippen molar-refractivity contribution in [3.8, 4) is 0 Å². The molecular formula is C15H10ClF2NO3. The molecule has 0 aromatic heterocycles. The third-order valence-electron chi connectivity index (χ3n) is 2.62. The fourth-order valence-corrected chi connectivity index (χ4v) is 1.75. The second-order valence-corrected chi connectivity index (χ2v) is 4.67. The van der Waals surface area contributed by atoms with Crippen molar-refractivity contribution < 1.29 is 23.1 Å². The average Bonchev–Trinajstić information content (AvgIpc) is 2.49. The van der Waals surface area contributed by atoms with Crippen LogP contribution in [0.5, 0.6) is 0 Å². The molecule has 0 unspecified atom stereocenters. The van der Waals surface area contributed by atoms with Crippen molar-refractivity contribution in [1.29, 1.82) is 0 Å². The number of rotatable bonds is 4. The third kappa shape index (κ3) is 4.26. The average molecular weight is 326 g/mol. The Labute approximate surface area is 129 Å². The van der Waals surface area contributed by atoms with Gasteiger partial charge < -0.3 is 10.1 Å². The highest BCUT2D eigenvalue weighted by Gasteiger charge is 2.11. The van der Waals surface area contributed by atoms with E-state index in [-0.39, 0.29) is 16.3 Å². The van der Waals surface area contributed by atoms with Crippen LogP contribution in [-0.4, -0.2) is 18.5 Å². The van der Waals surface area contributed by atoms with E-state index < -0.39 is 30.1 Å². The molecule has 0 aliphatic rings. The smallest absolute Gasteiger partial charge is 0.338 e. The second kappa shape index (κ2) is 7.00. The second-order valence-electron chi connectivity index (χ2n) is 4.26. The Kier molecular flexibility index (Phi) is 5.06. The molecule has 0 saturated heterocycles. The van der Waals surface area contributed by atoms with Crippen molar-refractivity contribution in [2.75, 3.05) is 11.9 Å². The van der Waals surface area contributed by atoms with Crippen LogP contribution in [0.25, 0.3) is 0 Å². The van der Waals surface area contributed by atoms with Crippen LogP contribution in [0, 0.1) is 11.6 Å². The zero-order valence-corrected chi connectivity index (χ0v) is 11.9. The Balaban J connectivity index is 1.88. The number of hydrogen-bond acceptors (Lipinski definition) is 3. The maximum atomic E-state index is 13.0. The van der Waals surface area contributed by atoms with Gasteiger partial charge in [0, 0.05) is 5.69 Å². The molecule has 2 aromatic carbocycles. The van der Waals surface area contributed by atoms with Crippen LogP contribution in [0.15, 0.2) is 42.5 Å². The van der Waals surface area contributed by atoms with E-state index in [0.29, 0.717) is 0 Å². The maximum Gasteiger partial charge on any atom is 0.338 e. The highest BCUT2D eigenvalue weighted by atomic mass is 35.5. The summed E-state index contributed by atoms with van der Waals surface area (Å²) in [7, 11) is 0. The predicted octanol–water partition coefficient (Wildman–Crippen LogP) is 3.41. The number of ether oxygens (including phenoxy) is 1. The van der Waals surface area contributed by atoms with Crippen molar-refractivity contribution in [3.05, 3.63) is 64.7 Å². The van der Waals surface area contributed by atoms with Gasteiger partial charge in [0.1, 0.15) is 11.6 Å². The molecule has 2 aromatic rings. The first-order valence-corrected chi connectivity index (χ1v) is 6.51. The normalized spacial score (nSPS) is 10.1. The summed E-state index contributed by atoms with van der Waals surface area (Å²) in [5.41, 5.74) is 0.397. The summed E-state index contributed by atoms with van der Waals surface area (Å²) in [4.78, 5) is 23.2. The van der Waals surface area contributed by atoms with Crippen LogP contribution in [0.1, 0.15) is 10.4 Å². The molecule has 0 saturated carbocycles. The van der Waals surface area contributed by atoms with E-state index in [1.165, 1.54) is 24.3 Å². The number of carbonyl (C=O) groups excluding carboxylic acids is 2. The van der Waals surface area contributed by atoms with Crippen LogP contribution in [0.3, 0.4) is 0 Å². The number of carbonyl (C=O) groups is 2. The fraction of sp³-hybridized carbons (Fsp3) is 0.0667. The molecule has 0 aliphatic heterocycles. The number of esters is 1. The van der Waals surface area contributed by atoms with Gasteiger partial charge in [0.2, 0.25) is 0 Å². The lowest BCUT2D eigenvalue weighted by molar-refractivity contribution is -0.119. The van der Waals surface area contributed by atoms with Gasteiger partial charge >= 0.3 is 5.97 Å².